The number of hydrogen-bond acceptors (Lipinski definition) is 2. The lowest BCUT2D eigenvalue weighted by atomic mass is 9.99. The molecule has 3 rings (SSSR count). The van der Waals surface area contributed by atoms with Crippen LogP contribution in [0.5, 0.6) is 0 Å². The van der Waals surface area contributed by atoms with E-state index in [1.54, 1.807) is 6.07 Å². The van der Waals surface area contributed by atoms with Crippen molar-refractivity contribution in [2.75, 3.05) is 0 Å². The van der Waals surface area contributed by atoms with E-state index in [0.717, 1.165) is 21.5 Å². The maximum atomic E-state index is 9.35. The molecule has 0 aliphatic heterocycles. The Bertz CT molecular complexity index is 687. The number of benzene rings is 3. The first-order valence-corrected chi connectivity index (χ1v) is 5.53. The summed E-state index contributed by atoms with van der Waals surface area (Å²) in [6.45, 7) is 0. The van der Waals surface area contributed by atoms with Gasteiger partial charge in [0.15, 0.2) is 6.29 Å². The Morgan fingerprint density at radius 3 is 2.06 bits per heavy atom. The van der Waals surface area contributed by atoms with Gasteiger partial charge in [-0.05, 0) is 33.7 Å². The number of aliphatic hydroxyl groups excluding tert-OH is 1. The van der Waals surface area contributed by atoms with Crippen LogP contribution in [0.25, 0.3) is 21.5 Å². The summed E-state index contributed by atoms with van der Waals surface area (Å²) in [5.41, 5.74) is 0.549. The standard InChI is InChI=1S/C15H12O2/c16-15(17)13-7-3-6-12-8-10-4-1-2-5-11(10)9-14(12)13/h1-9,15-17H. The normalized spacial score (nSPS) is 11.5. The van der Waals surface area contributed by atoms with Gasteiger partial charge in [0, 0.05) is 5.56 Å². The second kappa shape index (κ2) is 3.84. The zero-order valence-corrected chi connectivity index (χ0v) is 9.17. The molecule has 2 nitrogen and oxygen atoms in total. The highest BCUT2D eigenvalue weighted by Gasteiger charge is 2.08. The summed E-state index contributed by atoms with van der Waals surface area (Å²) < 4.78 is 0. The van der Waals surface area contributed by atoms with Crippen LogP contribution in [-0.2, 0) is 0 Å². The molecule has 0 unspecified atom stereocenters. The molecule has 2 heteroatoms. The first-order valence-electron chi connectivity index (χ1n) is 5.53. The lowest BCUT2D eigenvalue weighted by Gasteiger charge is -2.09. The minimum absolute atomic E-state index is 0.549. The quantitative estimate of drug-likeness (QED) is 0.493. The van der Waals surface area contributed by atoms with Crippen molar-refractivity contribution in [2.24, 2.45) is 0 Å². The summed E-state index contributed by atoms with van der Waals surface area (Å²) in [5, 5.41) is 22.9. The molecule has 0 amide bonds. The molecule has 17 heavy (non-hydrogen) atoms. The van der Waals surface area contributed by atoms with Gasteiger partial charge in [-0.3, -0.25) is 0 Å². The van der Waals surface area contributed by atoms with E-state index in [4.69, 9.17) is 0 Å². The molecule has 0 heterocycles. The molecule has 0 aromatic heterocycles. The van der Waals surface area contributed by atoms with E-state index in [2.05, 4.69) is 12.1 Å². The Labute approximate surface area is 98.7 Å². The van der Waals surface area contributed by atoms with Crippen molar-refractivity contribution in [1.82, 2.24) is 0 Å². The van der Waals surface area contributed by atoms with Crippen LogP contribution in [0.2, 0.25) is 0 Å². The van der Waals surface area contributed by atoms with Crippen molar-refractivity contribution >= 4 is 21.5 Å². The third-order valence-electron chi connectivity index (χ3n) is 3.06. The minimum Gasteiger partial charge on any atom is -0.364 e. The van der Waals surface area contributed by atoms with Gasteiger partial charge >= 0.3 is 0 Å². The topological polar surface area (TPSA) is 40.5 Å². The molecular weight excluding hydrogens is 212 g/mol. The van der Waals surface area contributed by atoms with Gasteiger partial charge in [-0.2, -0.15) is 0 Å². The van der Waals surface area contributed by atoms with Crippen LogP contribution in [-0.4, -0.2) is 10.2 Å². The Morgan fingerprint density at radius 2 is 1.35 bits per heavy atom. The highest BCUT2D eigenvalue weighted by molar-refractivity contribution is 5.99. The second-order valence-corrected chi connectivity index (χ2v) is 4.14. The molecule has 0 fully saturated rings. The summed E-state index contributed by atoms with van der Waals surface area (Å²) in [4.78, 5) is 0. The van der Waals surface area contributed by atoms with Crippen molar-refractivity contribution in [3.63, 3.8) is 0 Å². The van der Waals surface area contributed by atoms with Crippen molar-refractivity contribution in [3.8, 4) is 0 Å². The molecule has 3 aromatic rings. The van der Waals surface area contributed by atoms with Gasteiger partial charge in [-0.1, -0.05) is 42.5 Å². The van der Waals surface area contributed by atoms with Crippen LogP contribution >= 0.6 is 0 Å². The molecule has 0 atom stereocenters. The monoisotopic (exact) mass is 224 g/mol. The van der Waals surface area contributed by atoms with E-state index in [0.29, 0.717) is 5.56 Å². The summed E-state index contributed by atoms with van der Waals surface area (Å²) in [7, 11) is 0. The van der Waals surface area contributed by atoms with Gasteiger partial charge in [-0.15, -0.1) is 0 Å². The van der Waals surface area contributed by atoms with E-state index >= 15 is 0 Å². The average molecular weight is 224 g/mol. The molecule has 0 spiro atoms. The van der Waals surface area contributed by atoms with Crippen molar-refractivity contribution in [2.45, 2.75) is 6.29 Å². The number of fused-ring (bicyclic) bond motifs is 2. The molecule has 2 N–H and O–H groups in total. The van der Waals surface area contributed by atoms with Crippen LogP contribution in [0.3, 0.4) is 0 Å². The van der Waals surface area contributed by atoms with Crippen LogP contribution in [0.1, 0.15) is 11.9 Å². The van der Waals surface area contributed by atoms with E-state index in [1.165, 1.54) is 0 Å². The Balaban J connectivity index is 2.43. The largest absolute Gasteiger partial charge is 0.364 e. The zero-order chi connectivity index (χ0) is 11.8. The van der Waals surface area contributed by atoms with Gasteiger partial charge in [0.05, 0.1) is 0 Å². The fourth-order valence-corrected chi connectivity index (χ4v) is 2.22. The highest BCUT2D eigenvalue weighted by atomic mass is 16.5. The highest BCUT2D eigenvalue weighted by Crippen LogP contribution is 2.27. The third-order valence-corrected chi connectivity index (χ3v) is 3.06. The fraction of sp³-hybridized carbons (Fsp3) is 0.0667. The zero-order valence-electron chi connectivity index (χ0n) is 9.17. The van der Waals surface area contributed by atoms with Crippen LogP contribution in [0, 0.1) is 0 Å². The molecule has 0 radical (unpaired) electrons. The Hall–Kier alpha value is -1.90. The molecular formula is C15H12O2. The summed E-state index contributed by atoms with van der Waals surface area (Å²) in [5.74, 6) is 0. The van der Waals surface area contributed by atoms with E-state index in [9.17, 15) is 10.2 Å². The van der Waals surface area contributed by atoms with Gasteiger partial charge in [-0.25, -0.2) is 0 Å². The van der Waals surface area contributed by atoms with Gasteiger partial charge < -0.3 is 10.2 Å². The molecule has 3 aromatic carbocycles. The maximum Gasteiger partial charge on any atom is 0.179 e. The van der Waals surface area contributed by atoms with Crippen LogP contribution in [0.15, 0.2) is 54.6 Å². The minimum atomic E-state index is -1.43. The van der Waals surface area contributed by atoms with Gasteiger partial charge in [0.25, 0.3) is 0 Å². The van der Waals surface area contributed by atoms with Crippen LogP contribution in [0.4, 0.5) is 0 Å². The van der Waals surface area contributed by atoms with E-state index < -0.39 is 6.29 Å². The van der Waals surface area contributed by atoms with Crippen molar-refractivity contribution < 1.29 is 10.2 Å². The molecule has 0 saturated heterocycles. The predicted molar refractivity (Wildman–Crippen MR) is 68.6 cm³/mol. The van der Waals surface area contributed by atoms with Crippen molar-refractivity contribution in [1.29, 1.82) is 0 Å². The summed E-state index contributed by atoms with van der Waals surface area (Å²) >= 11 is 0. The third kappa shape index (κ3) is 1.68. The lowest BCUT2D eigenvalue weighted by molar-refractivity contribution is -0.0412. The van der Waals surface area contributed by atoms with E-state index in [-0.39, 0.29) is 0 Å². The van der Waals surface area contributed by atoms with Crippen molar-refractivity contribution in [3.05, 3.63) is 60.2 Å². The van der Waals surface area contributed by atoms with Gasteiger partial charge in [0.1, 0.15) is 0 Å². The smallest absolute Gasteiger partial charge is 0.179 e. The molecule has 0 bridgehead atoms. The number of hydrogen-bond donors (Lipinski definition) is 2. The predicted octanol–water partition coefficient (Wildman–Crippen LogP) is 2.98. The molecule has 0 saturated carbocycles. The lowest BCUT2D eigenvalue weighted by Crippen LogP contribution is -1.95. The number of aliphatic hydroxyl groups is 2. The Morgan fingerprint density at radius 1 is 0.706 bits per heavy atom. The summed E-state index contributed by atoms with van der Waals surface area (Å²) in [6.07, 6.45) is -1.43. The summed E-state index contributed by atoms with van der Waals surface area (Å²) in [6, 6.07) is 17.7. The SMILES string of the molecule is OC(O)c1cccc2cc3ccccc3cc12. The first kappa shape index (κ1) is 10.3. The first-order chi connectivity index (χ1) is 8.25. The second-order valence-electron chi connectivity index (χ2n) is 4.14. The Kier molecular flexibility index (Phi) is 2.32. The van der Waals surface area contributed by atoms with Gasteiger partial charge in [0.2, 0.25) is 0 Å². The number of rotatable bonds is 1. The maximum absolute atomic E-state index is 9.35. The molecule has 0 aliphatic carbocycles. The van der Waals surface area contributed by atoms with Crippen LogP contribution < -0.4 is 0 Å². The average Bonchev–Trinajstić information content (AvgIpc) is 2.35. The fourth-order valence-electron chi connectivity index (χ4n) is 2.22. The van der Waals surface area contributed by atoms with E-state index in [1.807, 2.05) is 36.4 Å². The molecule has 0 aliphatic rings. The molecule has 84 valence electrons.